The van der Waals surface area contributed by atoms with Gasteiger partial charge in [-0.3, -0.25) is 0 Å². The van der Waals surface area contributed by atoms with Crippen LogP contribution in [-0.4, -0.2) is 16.7 Å². The number of fused-ring (bicyclic) bond motifs is 1. The molecule has 2 aromatic rings. The highest BCUT2D eigenvalue weighted by Crippen LogP contribution is 2.28. The molecular weight excluding hydrogens is 250 g/mol. The fraction of sp³-hybridized carbons (Fsp3) is 0.500. The van der Waals surface area contributed by atoms with Crippen LogP contribution in [0.15, 0.2) is 28.8 Å². The van der Waals surface area contributed by atoms with Crippen molar-refractivity contribution in [3.8, 4) is 0 Å². The summed E-state index contributed by atoms with van der Waals surface area (Å²) in [6, 6.07) is 8.47. The standard InChI is InChI=1S/C16H21N3O/c1-11(2)7-8-15-18-16(20-19-15)14-10-17-9-12-5-3-4-6-13(12)14/h3-6,11,14,17H,7-10H2,1-2H3. The second-order valence-electron chi connectivity index (χ2n) is 5.86. The normalized spacial score (nSPS) is 18.2. The van der Waals surface area contributed by atoms with Crippen LogP contribution in [0, 0.1) is 5.92 Å². The van der Waals surface area contributed by atoms with Crippen LogP contribution < -0.4 is 5.32 Å². The Balaban J connectivity index is 1.80. The van der Waals surface area contributed by atoms with Gasteiger partial charge in [-0.15, -0.1) is 0 Å². The summed E-state index contributed by atoms with van der Waals surface area (Å²) in [5.41, 5.74) is 2.64. The molecule has 1 aromatic heterocycles. The Morgan fingerprint density at radius 1 is 1.35 bits per heavy atom. The molecule has 106 valence electrons. The van der Waals surface area contributed by atoms with Gasteiger partial charge in [-0.1, -0.05) is 43.3 Å². The zero-order valence-electron chi connectivity index (χ0n) is 12.1. The largest absolute Gasteiger partial charge is 0.339 e. The van der Waals surface area contributed by atoms with Crippen LogP contribution in [0.4, 0.5) is 0 Å². The van der Waals surface area contributed by atoms with E-state index in [9.17, 15) is 0 Å². The fourth-order valence-corrected chi connectivity index (χ4v) is 2.64. The molecule has 1 aromatic carbocycles. The lowest BCUT2D eigenvalue weighted by Gasteiger charge is -2.23. The van der Waals surface area contributed by atoms with Crippen LogP contribution in [0.25, 0.3) is 0 Å². The van der Waals surface area contributed by atoms with Gasteiger partial charge in [0.2, 0.25) is 5.89 Å². The summed E-state index contributed by atoms with van der Waals surface area (Å²) in [6.45, 7) is 6.20. The second-order valence-corrected chi connectivity index (χ2v) is 5.86. The molecule has 1 aliphatic rings. The third-order valence-corrected chi connectivity index (χ3v) is 3.82. The fourth-order valence-electron chi connectivity index (χ4n) is 2.64. The first-order valence-corrected chi connectivity index (χ1v) is 7.35. The van der Waals surface area contributed by atoms with Crippen molar-refractivity contribution in [1.82, 2.24) is 15.5 Å². The molecule has 1 N–H and O–H groups in total. The molecular formula is C16H21N3O. The minimum atomic E-state index is 0.181. The van der Waals surface area contributed by atoms with E-state index in [1.165, 1.54) is 11.1 Å². The summed E-state index contributed by atoms with van der Waals surface area (Å²) >= 11 is 0. The van der Waals surface area contributed by atoms with Crippen molar-refractivity contribution in [2.75, 3.05) is 6.54 Å². The summed E-state index contributed by atoms with van der Waals surface area (Å²) < 4.78 is 5.49. The van der Waals surface area contributed by atoms with Gasteiger partial charge in [-0.25, -0.2) is 0 Å². The number of hydrogen-bond acceptors (Lipinski definition) is 4. The van der Waals surface area contributed by atoms with Crippen molar-refractivity contribution in [2.45, 2.75) is 39.2 Å². The maximum atomic E-state index is 5.49. The summed E-state index contributed by atoms with van der Waals surface area (Å²) in [4.78, 5) is 4.59. The summed E-state index contributed by atoms with van der Waals surface area (Å²) in [6.07, 6.45) is 1.99. The molecule has 1 atom stereocenters. The van der Waals surface area contributed by atoms with Gasteiger partial charge >= 0.3 is 0 Å². The molecule has 0 fully saturated rings. The van der Waals surface area contributed by atoms with E-state index in [4.69, 9.17) is 4.52 Å². The smallest absolute Gasteiger partial charge is 0.235 e. The minimum absolute atomic E-state index is 0.181. The molecule has 1 aliphatic heterocycles. The Hall–Kier alpha value is -1.68. The van der Waals surface area contributed by atoms with E-state index in [2.05, 4.69) is 53.6 Å². The summed E-state index contributed by atoms with van der Waals surface area (Å²) in [7, 11) is 0. The average Bonchev–Trinajstić information content (AvgIpc) is 2.93. The van der Waals surface area contributed by atoms with E-state index in [1.807, 2.05) is 0 Å². The van der Waals surface area contributed by atoms with Crippen molar-refractivity contribution in [3.63, 3.8) is 0 Å². The van der Waals surface area contributed by atoms with Gasteiger partial charge in [-0.2, -0.15) is 4.98 Å². The number of aryl methyl sites for hydroxylation is 1. The minimum Gasteiger partial charge on any atom is -0.339 e. The van der Waals surface area contributed by atoms with E-state index < -0.39 is 0 Å². The highest BCUT2D eigenvalue weighted by Gasteiger charge is 2.26. The molecule has 1 unspecified atom stereocenters. The van der Waals surface area contributed by atoms with Gasteiger partial charge in [0.05, 0.1) is 5.92 Å². The molecule has 0 amide bonds. The SMILES string of the molecule is CC(C)CCc1noc(C2CNCc3ccccc32)n1. The third-order valence-electron chi connectivity index (χ3n) is 3.82. The molecule has 4 nitrogen and oxygen atoms in total. The van der Waals surface area contributed by atoms with Gasteiger partial charge < -0.3 is 9.84 Å². The Morgan fingerprint density at radius 2 is 2.20 bits per heavy atom. The molecule has 0 aliphatic carbocycles. The van der Waals surface area contributed by atoms with Crippen molar-refractivity contribution in [2.24, 2.45) is 5.92 Å². The highest BCUT2D eigenvalue weighted by molar-refractivity contribution is 5.35. The Bertz CT molecular complexity index is 577. The number of rotatable bonds is 4. The van der Waals surface area contributed by atoms with Gasteiger partial charge in [0, 0.05) is 19.5 Å². The van der Waals surface area contributed by atoms with Crippen molar-refractivity contribution in [1.29, 1.82) is 0 Å². The van der Waals surface area contributed by atoms with Crippen LogP contribution in [0.5, 0.6) is 0 Å². The van der Waals surface area contributed by atoms with Crippen molar-refractivity contribution in [3.05, 3.63) is 47.1 Å². The molecule has 20 heavy (non-hydrogen) atoms. The maximum absolute atomic E-state index is 5.49. The Kier molecular flexibility index (Phi) is 3.83. The lowest BCUT2D eigenvalue weighted by molar-refractivity contribution is 0.351. The molecule has 0 saturated carbocycles. The zero-order valence-corrected chi connectivity index (χ0v) is 12.1. The van der Waals surface area contributed by atoms with E-state index >= 15 is 0 Å². The van der Waals surface area contributed by atoms with Crippen LogP contribution in [0.2, 0.25) is 0 Å². The first-order valence-electron chi connectivity index (χ1n) is 7.35. The van der Waals surface area contributed by atoms with Gasteiger partial charge in [0.25, 0.3) is 0 Å². The first-order chi connectivity index (χ1) is 9.74. The van der Waals surface area contributed by atoms with Crippen LogP contribution in [-0.2, 0) is 13.0 Å². The molecule has 0 radical (unpaired) electrons. The molecule has 0 saturated heterocycles. The number of nitrogens with zero attached hydrogens (tertiary/aromatic N) is 2. The average molecular weight is 271 g/mol. The van der Waals surface area contributed by atoms with Gasteiger partial charge in [-0.05, 0) is 23.5 Å². The van der Waals surface area contributed by atoms with E-state index in [1.54, 1.807) is 0 Å². The predicted octanol–water partition coefficient (Wildman–Crippen LogP) is 2.89. The van der Waals surface area contributed by atoms with Crippen LogP contribution >= 0.6 is 0 Å². The van der Waals surface area contributed by atoms with E-state index in [-0.39, 0.29) is 5.92 Å². The number of nitrogens with one attached hydrogen (secondary N) is 1. The van der Waals surface area contributed by atoms with Gasteiger partial charge in [0.1, 0.15) is 0 Å². The Labute approximate surface area is 119 Å². The first kappa shape index (κ1) is 13.3. The summed E-state index contributed by atoms with van der Waals surface area (Å²) in [5.74, 6) is 2.41. The predicted molar refractivity (Wildman–Crippen MR) is 77.4 cm³/mol. The van der Waals surface area contributed by atoms with Crippen molar-refractivity contribution < 1.29 is 4.52 Å². The van der Waals surface area contributed by atoms with Crippen LogP contribution in [0.1, 0.15) is 49.0 Å². The topological polar surface area (TPSA) is 51.0 Å². The molecule has 3 rings (SSSR count). The number of benzene rings is 1. The molecule has 0 bridgehead atoms. The monoisotopic (exact) mass is 271 g/mol. The lowest BCUT2D eigenvalue weighted by Crippen LogP contribution is -2.28. The molecule has 4 heteroatoms. The van der Waals surface area contributed by atoms with Gasteiger partial charge in [0.15, 0.2) is 5.82 Å². The van der Waals surface area contributed by atoms with E-state index in [0.717, 1.165) is 37.6 Å². The quantitative estimate of drug-likeness (QED) is 0.929. The number of aromatic nitrogens is 2. The lowest BCUT2D eigenvalue weighted by atomic mass is 9.91. The Morgan fingerprint density at radius 3 is 3.05 bits per heavy atom. The second kappa shape index (κ2) is 5.75. The molecule has 2 heterocycles. The van der Waals surface area contributed by atoms with Crippen molar-refractivity contribution >= 4 is 0 Å². The van der Waals surface area contributed by atoms with Crippen LogP contribution in [0.3, 0.4) is 0 Å². The van der Waals surface area contributed by atoms with E-state index in [0.29, 0.717) is 5.92 Å². The highest BCUT2D eigenvalue weighted by atomic mass is 16.5. The number of hydrogen-bond donors (Lipinski definition) is 1. The maximum Gasteiger partial charge on any atom is 0.235 e. The molecule has 0 spiro atoms. The summed E-state index contributed by atoms with van der Waals surface area (Å²) in [5, 5.41) is 7.54. The zero-order chi connectivity index (χ0) is 13.9. The third kappa shape index (κ3) is 2.75.